The first-order valence-electron chi connectivity index (χ1n) is 5.71. The molecule has 0 aliphatic carbocycles. The highest BCUT2D eigenvalue weighted by molar-refractivity contribution is 7.98. The summed E-state index contributed by atoms with van der Waals surface area (Å²) in [6, 6.07) is 1.88. The van der Waals surface area contributed by atoms with Gasteiger partial charge >= 0.3 is 0 Å². The average Bonchev–Trinajstić information content (AvgIpc) is 2.36. The first-order valence-corrected chi connectivity index (χ1v) is 6.93. The Morgan fingerprint density at radius 3 is 2.53 bits per heavy atom. The van der Waals surface area contributed by atoms with Crippen LogP contribution in [-0.2, 0) is 0 Å². The number of hydrogen-bond acceptors (Lipinski definition) is 6. The molecule has 0 saturated carbocycles. The van der Waals surface area contributed by atoms with Gasteiger partial charge in [0.25, 0.3) is 0 Å². The number of aromatic nitrogens is 2. The van der Waals surface area contributed by atoms with Crippen LogP contribution in [0.25, 0.3) is 0 Å². The highest BCUT2D eigenvalue weighted by Gasteiger charge is 2.05. The average molecular weight is 256 g/mol. The Hall–Kier alpha value is -1.01. The normalized spacial score (nSPS) is 12.2. The molecular weight excluding hydrogens is 236 g/mol. The third-order valence-corrected chi connectivity index (χ3v) is 2.74. The Kier molecular flexibility index (Phi) is 6.07. The molecule has 1 heterocycles. The van der Waals surface area contributed by atoms with E-state index in [0.717, 1.165) is 23.3 Å². The number of aliphatic hydroxyl groups excluding tert-OH is 1. The van der Waals surface area contributed by atoms with Crippen molar-refractivity contribution < 1.29 is 5.11 Å². The lowest BCUT2D eigenvalue weighted by molar-refractivity contribution is 0.244. The first kappa shape index (κ1) is 14.1. The quantitative estimate of drug-likeness (QED) is 0.509. The van der Waals surface area contributed by atoms with Crippen molar-refractivity contribution in [2.45, 2.75) is 19.0 Å². The molecule has 1 aromatic rings. The third-order valence-electron chi connectivity index (χ3n) is 2.19. The molecule has 0 fully saturated rings. The number of anilines is 2. The van der Waals surface area contributed by atoms with Crippen LogP contribution in [0.5, 0.6) is 0 Å². The van der Waals surface area contributed by atoms with Crippen molar-refractivity contribution in [1.29, 1.82) is 0 Å². The lowest BCUT2D eigenvalue weighted by Crippen LogP contribution is -2.15. The maximum Gasteiger partial charge on any atom is 0.191 e. The van der Waals surface area contributed by atoms with E-state index in [2.05, 4.69) is 20.6 Å². The van der Waals surface area contributed by atoms with E-state index in [-0.39, 0.29) is 12.5 Å². The van der Waals surface area contributed by atoms with Gasteiger partial charge in [0, 0.05) is 25.8 Å². The second-order valence-electron chi connectivity index (χ2n) is 3.82. The molecule has 1 unspecified atom stereocenters. The van der Waals surface area contributed by atoms with E-state index in [0.29, 0.717) is 6.54 Å². The zero-order chi connectivity index (χ0) is 12.7. The molecule has 1 aromatic heterocycles. The molecule has 0 amide bonds. The zero-order valence-electron chi connectivity index (χ0n) is 10.5. The molecule has 3 N–H and O–H groups in total. The molecule has 0 radical (unpaired) electrons. The van der Waals surface area contributed by atoms with Gasteiger partial charge < -0.3 is 15.7 Å². The number of thioether (sulfide) groups is 1. The number of rotatable bonds is 7. The van der Waals surface area contributed by atoms with Crippen LogP contribution in [0, 0.1) is 5.92 Å². The third kappa shape index (κ3) is 4.79. The summed E-state index contributed by atoms with van der Waals surface area (Å²) in [5.74, 6) is 1.83. The zero-order valence-corrected chi connectivity index (χ0v) is 11.3. The van der Waals surface area contributed by atoms with Gasteiger partial charge in [-0.2, -0.15) is 0 Å². The number of hydrogen-bond donors (Lipinski definition) is 3. The van der Waals surface area contributed by atoms with Crippen LogP contribution in [0.1, 0.15) is 13.8 Å². The van der Waals surface area contributed by atoms with Crippen molar-refractivity contribution in [3.05, 3.63) is 6.07 Å². The van der Waals surface area contributed by atoms with Crippen molar-refractivity contribution in [2.24, 2.45) is 5.92 Å². The predicted molar refractivity (Wildman–Crippen MR) is 72.7 cm³/mol. The number of aliphatic hydroxyl groups is 1. The van der Waals surface area contributed by atoms with E-state index in [9.17, 15) is 0 Å². The van der Waals surface area contributed by atoms with Crippen molar-refractivity contribution in [3.8, 4) is 0 Å². The Morgan fingerprint density at radius 2 is 2.00 bits per heavy atom. The summed E-state index contributed by atoms with van der Waals surface area (Å²) in [4.78, 5) is 8.70. The topological polar surface area (TPSA) is 70.1 Å². The minimum absolute atomic E-state index is 0.174. The molecule has 6 heteroatoms. The second kappa shape index (κ2) is 7.34. The number of nitrogens with zero attached hydrogens (tertiary/aromatic N) is 2. The molecule has 0 spiro atoms. The van der Waals surface area contributed by atoms with Crippen molar-refractivity contribution in [2.75, 3.05) is 36.6 Å². The van der Waals surface area contributed by atoms with Gasteiger partial charge in [0.15, 0.2) is 5.16 Å². The van der Waals surface area contributed by atoms with Crippen LogP contribution in [-0.4, -0.2) is 41.0 Å². The van der Waals surface area contributed by atoms with Crippen LogP contribution in [0.3, 0.4) is 0 Å². The molecule has 17 heavy (non-hydrogen) atoms. The van der Waals surface area contributed by atoms with Gasteiger partial charge in [-0.05, 0) is 19.1 Å². The van der Waals surface area contributed by atoms with Crippen molar-refractivity contribution in [3.63, 3.8) is 0 Å². The van der Waals surface area contributed by atoms with Gasteiger partial charge in [-0.25, -0.2) is 9.97 Å². The highest BCUT2D eigenvalue weighted by Crippen LogP contribution is 2.17. The fraction of sp³-hybridized carbons (Fsp3) is 0.636. The largest absolute Gasteiger partial charge is 0.396 e. The van der Waals surface area contributed by atoms with E-state index in [1.54, 1.807) is 0 Å². The molecule has 1 rings (SSSR count). The Bertz CT molecular complexity index is 348. The maximum absolute atomic E-state index is 8.96. The molecule has 0 saturated heterocycles. The SMILES string of the molecule is CCNc1cc(NCC(C)CO)nc(SC)n1. The van der Waals surface area contributed by atoms with Gasteiger partial charge in [-0.1, -0.05) is 18.7 Å². The molecular formula is C11H20N4OS. The van der Waals surface area contributed by atoms with Gasteiger partial charge in [0.2, 0.25) is 0 Å². The minimum atomic E-state index is 0.174. The standard InChI is InChI=1S/C11H20N4OS/c1-4-12-9-5-10(13-6-8(2)7-16)15-11(14-9)17-3/h5,8,16H,4,6-7H2,1-3H3,(H2,12,13,14,15). The smallest absolute Gasteiger partial charge is 0.191 e. The van der Waals surface area contributed by atoms with E-state index in [1.807, 2.05) is 26.2 Å². The summed E-state index contributed by atoms with van der Waals surface area (Å²) in [7, 11) is 0. The van der Waals surface area contributed by atoms with Crippen LogP contribution in [0.4, 0.5) is 11.6 Å². The molecule has 5 nitrogen and oxygen atoms in total. The summed E-state index contributed by atoms with van der Waals surface area (Å²) >= 11 is 1.51. The molecule has 0 aliphatic heterocycles. The van der Waals surface area contributed by atoms with E-state index >= 15 is 0 Å². The maximum atomic E-state index is 8.96. The van der Waals surface area contributed by atoms with Gasteiger partial charge in [-0.3, -0.25) is 0 Å². The number of nitrogens with one attached hydrogen (secondary N) is 2. The summed E-state index contributed by atoms with van der Waals surface area (Å²) in [6.07, 6.45) is 1.95. The molecule has 0 aromatic carbocycles. The molecule has 96 valence electrons. The van der Waals surface area contributed by atoms with Gasteiger partial charge in [-0.15, -0.1) is 0 Å². The monoisotopic (exact) mass is 256 g/mol. The van der Waals surface area contributed by atoms with Crippen LogP contribution >= 0.6 is 11.8 Å². The van der Waals surface area contributed by atoms with Crippen LogP contribution in [0.15, 0.2) is 11.2 Å². The summed E-state index contributed by atoms with van der Waals surface area (Å²) in [6.45, 7) is 5.72. The summed E-state index contributed by atoms with van der Waals surface area (Å²) in [5.41, 5.74) is 0. The summed E-state index contributed by atoms with van der Waals surface area (Å²) < 4.78 is 0. The predicted octanol–water partition coefficient (Wildman–Crippen LogP) is 1.67. The molecule has 0 aliphatic rings. The Morgan fingerprint density at radius 1 is 1.35 bits per heavy atom. The van der Waals surface area contributed by atoms with Gasteiger partial charge in [0.05, 0.1) is 0 Å². The first-order chi connectivity index (χ1) is 8.19. The van der Waals surface area contributed by atoms with Crippen LogP contribution < -0.4 is 10.6 Å². The molecule has 0 bridgehead atoms. The van der Waals surface area contributed by atoms with Gasteiger partial charge in [0.1, 0.15) is 11.6 Å². The van der Waals surface area contributed by atoms with Crippen LogP contribution in [0.2, 0.25) is 0 Å². The highest BCUT2D eigenvalue weighted by atomic mass is 32.2. The van der Waals surface area contributed by atoms with E-state index in [1.165, 1.54) is 11.8 Å². The fourth-order valence-corrected chi connectivity index (χ4v) is 1.60. The fourth-order valence-electron chi connectivity index (χ4n) is 1.22. The van der Waals surface area contributed by atoms with Crippen molar-refractivity contribution >= 4 is 23.4 Å². The van der Waals surface area contributed by atoms with Crippen molar-refractivity contribution in [1.82, 2.24) is 9.97 Å². The minimum Gasteiger partial charge on any atom is -0.396 e. The Labute approximate surface area is 106 Å². The lowest BCUT2D eigenvalue weighted by Gasteiger charge is -2.12. The summed E-state index contributed by atoms with van der Waals surface area (Å²) in [5, 5.41) is 16.1. The Balaban J connectivity index is 2.72. The second-order valence-corrected chi connectivity index (χ2v) is 4.60. The van der Waals surface area contributed by atoms with E-state index in [4.69, 9.17) is 5.11 Å². The van der Waals surface area contributed by atoms with E-state index < -0.39 is 0 Å². The lowest BCUT2D eigenvalue weighted by atomic mass is 10.2. The molecule has 1 atom stereocenters.